The number of rotatable bonds is 5. The molecule has 1 saturated heterocycles. The van der Waals surface area contributed by atoms with Crippen LogP contribution in [0, 0.1) is 6.92 Å². The Balaban J connectivity index is 1.95. The summed E-state index contributed by atoms with van der Waals surface area (Å²) in [6.07, 6.45) is 0. The smallest absolute Gasteiger partial charge is 0.301 e. The lowest BCUT2D eigenvalue weighted by molar-refractivity contribution is -0.132. The van der Waals surface area contributed by atoms with Crippen molar-refractivity contribution in [1.29, 1.82) is 0 Å². The topological polar surface area (TPSA) is 96.8 Å². The van der Waals surface area contributed by atoms with E-state index in [1.165, 1.54) is 25.0 Å². The van der Waals surface area contributed by atoms with Gasteiger partial charge in [0.2, 0.25) is 0 Å². The van der Waals surface area contributed by atoms with E-state index in [2.05, 4.69) is 4.98 Å². The fraction of sp³-hybridized carbons (Fsp3) is 0.167. The van der Waals surface area contributed by atoms with Gasteiger partial charge in [-0.1, -0.05) is 40.6 Å². The van der Waals surface area contributed by atoms with Gasteiger partial charge >= 0.3 is 5.91 Å². The molecule has 2 heterocycles. The number of anilines is 1. The molecule has 1 atom stereocenters. The zero-order valence-electron chi connectivity index (χ0n) is 18.3. The first-order chi connectivity index (χ1) is 16.1. The van der Waals surface area contributed by atoms with Crippen LogP contribution >= 0.6 is 34.5 Å². The lowest BCUT2D eigenvalue weighted by Crippen LogP contribution is -2.29. The van der Waals surface area contributed by atoms with Gasteiger partial charge in [-0.25, -0.2) is 4.98 Å². The predicted molar refractivity (Wildman–Crippen MR) is 131 cm³/mol. The molecule has 1 fully saturated rings. The number of aryl methyl sites for hydroxylation is 1. The number of benzene rings is 2. The lowest BCUT2D eigenvalue weighted by atomic mass is 9.95. The number of methoxy groups -OCH3 is 1. The van der Waals surface area contributed by atoms with Crippen LogP contribution in [0.25, 0.3) is 5.76 Å². The van der Waals surface area contributed by atoms with Crippen LogP contribution in [-0.4, -0.2) is 34.7 Å². The van der Waals surface area contributed by atoms with Crippen molar-refractivity contribution in [1.82, 2.24) is 4.98 Å². The molecule has 3 aromatic rings. The summed E-state index contributed by atoms with van der Waals surface area (Å²) in [5.41, 5.74) is 1.08. The van der Waals surface area contributed by atoms with Gasteiger partial charge in [0, 0.05) is 12.5 Å². The number of nitrogens with zero attached hydrogens (tertiary/aromatic N) is 2. The molecule has 1 aromatic heterocycles. The monoisotopic (exact) mass is 516 g/mol. The Kier molecular flexibility index (Phi) is 6.49. The number of amides is 1. The molecule has 0 aliphatic carbocycles. The van der Waals surface area contributed by atoms with E-state index in [1.54, 1.807) is 43.3 Å². The normalized spacial score (nSPS) is 17.3. The number of ketones is 2. The average Bonchev–Trinajstić information content (AvgIpc) is 3.32. The molecule has 4 rings (SSSR count). The van der Waals surface area contributed by atoms with Gasteiger partial charge in [0.25, 0.3) is 5.78 Å². The van der Waals surface area contributed by atoms with Gasteiger partial charge in [0.15, 0.2) is 10.9 Å². The fourth-order valence-electron chi connectivity index (χ4n) is 3.74. The largest absolute Gasteiger partial charge is 0.507 e. The molecule has 174 valence electrons. The van der Waals surface area contributed by atoms with Gasteiger partial charge in [-0.3, -0.25) is 19.3 Å². The summed E-state index contributed by atoms with van der Waals surface area (Å²) in [5.74, 6) is -1.77. The van der Waals surface area contributed by atoms with E-state index >= 15 is 0 Å². The van der Waals surface area contributed by atoms with E-state index < -0.39 is 17.7 Å². The highest BCUT2D eigenvalue weighted by Gasteiger charge is 2.48. The lowest BCUT2D eigenvalue weighted by Gasteiger charge is -2.23. The van der Waals surface area contributed by atoms with Crippen LogP contribution < -0.4 is 9.64 Å². The number of hydrogen-bond donors (Lipinski definition) is 1. The average molecular weight is 517 g/mol. The van der Waals surface area contributed by atoms with Crippen LogP contribution in [0.1, 0.15) is 39.5 Å². The quantitative estimate of drug-likeness (QED) is 0.205. The second-order valence-electron chi connectivity index (χ2n) is 7.54. The Hall–Kier alpha value is -3.20. The molecule has 10 heteroatoms. The zero-order valence-corrected chi connectivity index (χ0v) is 20.6. The highest BCUT2D eigenvalue weighted by Crippen LogP contribution is 2.44. The van der Waals surface area contributed by atoms with Gasteiger partial charge < -0.3 is 9.84 Å². The van der Waals surface area contributed by atoms with Crippen molar-refractivity contribution < 1.29 is 24.2 Å². The molecule has 0 radical (unpaired) electrons. The summed E-state index contributed by atoms with van der Waals surface area (Å²) in [7, 11) is 1.51. The van der Waals surface area contributed by atoms with Crippen molar-refractivity contribution in [2.24, 2.45) is 0 Å². The zero-order chi connectivity index (χ0) is 24.7. The van der Waals surface area contributed by atoms with Crippen molar-refractivity contribution in [3.05, 3.63) is 79.8 Å². The van der Waals surface area contributed by atoms with Crippen LogP contribution in [0.3, 0.4) is 0 Å². The van der Waals surface area contributed by atoms with Crippen molar-refractivity contribution in [3.8, 4) is 5.75 Å². The van der Waals surface area contributed by atoms with Gasteiger partial charge in [-0.2, -0.15) is 0 Å². The predicted octanol–water partition coefficient (Wildman–Crippen LogP) is 5.60. The van der Waals surface area contributed by atoms with Gasteiger partial charge in [0.05, 0.1) is 39.3 Å². The van der Waals surface area contributed by atoms with E-state index in [9.17, 15) is 19.5 Å². The summed E-state index contributed by atoms with van der Waals surface area (Å²) >= 11 is 13.3. The number of thiazole rings is 1. The minimum Gasteiger partial charge on any atom is -0.507 e. The summed E-state index contributed by atoms with van der Waals surface area (Å²) in [6.45, 7) is 3.05. The Morgan fingerprint density at radius 2 is 1.79 bits per heavy atom. The molecule has 0 unspecified atom stereocenters. The number of aliphatic hydroxyl groups is 1. The first-order valence-corrected chi connectivity index (χ1v) is 11.6. The maximum Gasteiger partial charge on any atom is 0.301 e. The number of aromatic nitrogens is 1. The van der Waals surface area contributed by atoms with E-state index in [0.717, 1.165) is 11.3 Å². The minimum absolute atomic E-state index is 0.134. The number of carbonyl (C=O) groups is 3. The van der Waals surface area contributed by atoms with Gasteiger partial charge in [-0.15, -0.1) is 0 Å². The number of ether oxygens (including phenoxy) is 1. The summed E-state index contributed by atoms with van der Waals surface area (Å²) in [6, 6.07) is 10.1. The van der Waals surface area contributed by atoms with Crippen LogP contribution in [0.2, 0.25) is 10.0 Å². The number of hydrogen-bond acceptors (Lipinski definition) is 7. The molecule has 1 amide bonds. The molecule has 1 aliphatic rings. The fourth-order valence-corrected chi connectivity index (χ4v) is 5.04. The van der Waals surface area contributed by atoms with Crippen molar-refractivity contribution in [2.75, 3.05) is 12.0 Å². The van der Waals surface area contributed by atoms with E-state index in [-0.39, 0.29) is 27.3 Å². The number of carbonyl (C=O) groups excluding carboxylic acids is 3. The Morgan fingerprint density at radius 3 is 2.35 bits per heavy atom. The van der Waals surface area contributed by atoms with E-state index in [4.69, 9.17) is 27.9 Å². The molecule has 1 N–H and O–H groups in total. The second-order valence-corrected chi connectivity index (χ2v) is 9.33. The molecule has 2 aromatic carbocycles. The van der Waals surface area contributed by atoms with Crippen molar-refractivity contribution in [2.45, 2.75) is 19.9 Å². The van der Waals surface area contributed by atoms with Crippen LogP contribution in [0.4, 0.5) is 5.13 Å². The number of Topliss-reactive ketones (excluding diaryl/α,β-unsaturated/α-hetero) is 2. The Bertz CT molecular complexity index is 1360. The molecule has 1 aliphatic heterocycles. The Labute approximate surface area is 209 Å². The highest BCUT2D eigenvalue weighted by molar-refractivity contribution is 7.18. The van der Waals surface area contributed by atoms with E-state index in [1.807, 2.05) is 0 Å². The van der Waals surface area contributed by atoms with Gasteiger partial charge in [0.1, 0.15) is 11.5 Å². The number of halogens is 2. The molecule has 7 nitrogen and oxygen atoms in total. The highest BCUT2D eigenvalue weighted by atomic mass is 35.5. The maximum atomic E-state index is 13.2. The van der Waals surface area contributed by atoms with Gasteiger partial charge in [-0.05, 0) is 48.9 Å². The standard InChI is InChI=1S/C24H18Cl2N2O5S/c1-11-22(12(2)29)34-24(27-11)28-19(14-6-9-16(25)17(26)10-14)18(21(31)23(28)32)20(30)13-4-7-15(33-3)8-5-13/h4-10,19,30H,1-3H3/t19-/m1/s1. The van der Waals surface area contributed by atoms with Crippen LogP contribution in [-0.2, 0) is 9.59 Å². The SMILES string of the molecule is COc1ccc(C(O)=C2C(=O)C(=O)N(c3nc(C)c(C(C)=O)s3)[C@@H]2c2ccc(Cl)c(Cl)c2)cc1. The minimum atomic E-state index is -1.04. The molecule has 0 bridgehead atoms. The molecule has 34 heavy (non-hydrogen) atoms. The molecular formula is C24H18Cl2N2O5S. The molecule has 0 spiro atoms. The third-order valence-corrected chi connectivity index (χ3v) is 7.38. The second kappa shape index (κ2) is 9.21. The molecular weight excluding hydrogens is 499 g/mol. The maximum absolute atomic E-state index is 13.2. The van der Waals surface area contributed by atoms with Crippen LogP contribution in [0.15, 0.2) is 48.0 Å². The van der Waals surface area contributed by atoms with Crippen molar-refractivity contribution >= 4 is 62.9 Å². The Morgan fingerprint density at radius 1 is 1.12 bits per heavy atom. The summed E-state index contributed by atoms with van der Waals surface area (Å²) in [5, 5.41) is 11.8. The van der Waals surface area contributed by atoms with Crippen molar-refractivity contribution in [3.63, 3.8) is 0 Å². The van der Waals surface area contributed by atoms with E-state index in [0.29, 0.717) is 32.5 Å². The first kappa shape index (κ1) is 23.9. The third kappa shape index (κ3) is 4.09. The molecule has 0 saturated carbocycles. The third-order valence-electron chi connectivity index (χ3n) is 5.38. The summed E-state index contributed by atoms with van der Waals surface area (Å²) in [4.78, 5) is 44.3. The van der Waals surface area contributed by atoms with Crippen LogP contribution in [0.5, 0.6) is 5.75 Å². The first-order valence-electron chi connectivity index (χ1n) is 10.0. The number of aliphatic hydroxyl groups excluding tert-OH is 1. The summed E-state index contributed by atoms with van der Waals surface area (Å²) < 4.78 is 5.15.